The molecule has 1 unspecified atom stereocenters. The van der Waals surface area contributed by atoms with Crippen molar-refractivity contribution in [1.29, 1.82) is 0 Å². The van der Waals surface area contributed by atoms with Crippen LogP contribution in [0.15, 0.2) is 12.2 Å². The maximum atomic E-state index is 10.8. The zero-order valence-corrected chi connectivity index (χ0v) is 6.79. The van der Waals surface area contributed by atoms with Gasteiger partial charge in [-0.15, -0.1) is 0 Å². The van der Waals surface area contributed by atoms with Gasteiger partial charge in [0, 0.05) is 13.1 Å². The van der Waals surface area contributed by atoms with Crippen molar-refractivity contribution < 1.29 is 4.79 Å². The Balaban J connectivity index is 2.46. The first-order valence-corrected chi connectivity index (χ1v) is 3.90. The second kappa shape index (κ2) is 3.53. The van der Waals surface area contributed by atoms with Crippen LogP contribution in [0.4, 0.5) is 0 Å². The van der Waals surface area contributed by atoms with Gasteiger partial charge in [0.25, 0.3) is 0 Å². The molecule has 0 aliphatic carbocycles. The third kappa shape index (κ3) is 2.05. The molecule has 0 aromatic rings. The van der Waals surface area contributed by atoms with Gasteiger partial charge >= 0.3 is 0 Å². The molecule has 0 bridgehead atoms. The Bertz CT molecular complexity index is 177. The number of hydrogen-bond acceptors (Lipinski definition) is 2. The Kier molecular flexibility index (Phi) is 2.65. The number of nitrogens with zero attached hydrogens (tertiary/aromatic N) is 1. The highest BCUT2D eigenvalue weighted by atomic mass is 16.1. The Labute approximate surface area is 66.9 Å². The zero-order chi connectivity index (χ0) is 8.27. The summed E-state index contributed by atoms with van der Waals surface area (Å²) in [4.78, 5) is 12.8. The van der Waals surface area contributed by atoms with Crippen LogP contribution in [0.3, 0.4) is 0 Å². The normalized spacial score (nSPS) is 21.5. The summed E-state index contributed by atoms with van der Waals surface area (Å²) in [5, 5.41) is 0. The minimum Gasteiger partial charge on any atom is -0.368 e. The van der Waals surface area contributed by atoms with Gasteiger partial charge in [-0.3, -0.25) is 9.69 Å². The third-order valence-corrected chi connectivity index (χ3v) is 2.05. The average Bonchev–Trinajstić information content (AvgIpc) is 2.05. The number of hydrogen-bond donors (Lipinski definition) is 1. The van der Waals surface area contributed by atoms with Crippen molar-refractivity contribution in [3.05, 3.63) is 12.2 Å². The van der Waals surface area contributed by atoms with Gasteiger partial charge in [-0.2, -0.15) is 0 Å². The van der Waals surface area contributed by atoms with Crippen LogP contribution in [-0.4, -0.2) is 29.9 Å². The SMILES string of the molecule is CC(C(N)=O)N1CC=CCC1. The molecule has 0 saturated heterocycles. The highest BCUT2D eigenvalue weighted by Gasteiger charge is 2.17. The number of carbonyl (C=O) groups excluding carboxylic acids is 1. The lowest BCUT2D eigenvalue weighted by molar-refractivity contribution is -0.122. The summed E-state index contributed by atoms with van der Waals surface area (Å²) in [7, 11) is 0. The van der Waals surface area contributed by atoms with Crippen molar-refractivity contribution in [1.82, 2.24) is 4.90 Å². The van der Waals surface area contributed by atoms with E-state index in [2.05, 4.69) is 17.1 Å². The van der Waals surface area contributed by atoms with Gasteiger partial charge in [-0.05, 0) is 13.3 Å². The largest absolute Gasteiger partial charge is 0.368 e. The van der Waals surface area contributed by atoms with Crippen LogP contribution in [0.2, 0.25) is 0 Å². The van der Waals surface area contributed by atoms with Crippen molar-refractivity contribution in [3.8, 4) is 0 Å². The Morgan fingerprint density at radius 1 is 1.64 bits per heavy atom. The first-order valence-electron chi connectivity index (χ1n) is 3.90. The predicted octanol–water partition coefficient (Wildman–Crippen LogP) is 0.122. The molecule has 0 radical (unpaired) electrons. The number of nitrogens with two attached hydrogens (primary N) is 1. The molecule has 0 saturated carbocycles. The summed E-state index contributed by atoms with van der Waals surface area (Å²) in [6.45, 7) is 3.65. The van der Waals surface area contributed by atoms with E-state index in [9.17, 15) is 4.79 Å². The standard InChI is InChI=1S/C8H14N2O/c1-7(8(9)11)10-5-3-2-4-6-10/h2-3,7H,4-6H2,1H3,(H2,9,11). The molecule has 62 valence electrons. The van der Waals surface area contributed by atoms with E-state index in [1.54, 1.807) is 0 Å². The van der Waals surface area contributed by atoms with E-state index in [4.69, 9.17) is 5.73 Å². The smallest absolute Gasteiger partial charge is 0.234 e. The van der Waals surface area contributed by atoms with Gasteiger partial charge in [0.2, 0.25) is 5.91 Å². The van der Waals surface area contributed by atoms with E-state index in [0.29, 0.717) is 0 Å². The first kappa shape index (κ1) is 8.27. The molecule has 1 amide bonds. The third-order valence-electron chi connectivity index (χ3n) is 2.05. The lowest BCUT2D eigenvalue weighted by Gasteiger charge is -2.27. The van der Waals surface area contributed by atoms with Crippen molar-refractivity contribution in [3.63, 3.8) is 0 Å². The molecular weight excluding hydrogens is 140 g/mol. The second-order valence-corrected chi connectivity index (χ2v) is 2.83. The van der Waals surface area contributed by atoms with E-state index in [0.717, 1.165) is 19.5 Å². The van der Waals surface area contributed by atoms with Crippen molar-refractivity contribution in [2.75, 3.05) is 13.1 Å². The van der Waals surface area contributed by atoms with Crippen LogP contribution in [0.25, 0.3) is 0 Å². The predicted molar refractivity (Wildman–Crippen MR) is 44.0 cm³/mol. The van der Waals surface area contributed by atoms with Crippen molar-refractivity contribution in [2.24, 2.45) is 5.73 Å². The van der Waals surface area contributed by atoms with Crippen LogP contribution in [0, 0.1) is 0 Å². The second-order valence-electron chi connectivity index (χ2n) is 2.83. The van der Waals surface area contributed by atoms with Gasteiger partial charge in [0.05, 0.1) is 6.04 Å². The van der Waals surface area contributed by atoms with Crippen LogP contribution in [0.1, 0.15) is 13.3 Å². The van der Waals surface area contributed by atoms with Crippen LogP contribution >= 0.6 is 0 Å². The van der Waals surface area contributed by atoms with Gasteiger partial charge in [-0.25, -0.2) is 0 Å². The quantitative estimate of drug-likeness (QED) is 0.574. The number of amides is 1. The lowest BCUT2D eigenvalue weighted by Crippen LogP contribution is -2.44. The summed E-state index contributed by atoms with van der Waals surface area (Å²) in [5.74, 6) is -0.236. The van der Waals surface area contributed by atoms with Gasteiger partial charge < -0.3 is 5.73 Å². The summed E-state index contributed by atoms with van der Waals surface area (Å²) in [6, 6.07) is -0.125. The first-order chi connectivity index (χ1) is 5.22. The maximum absolute atomic E-state index is 10.8. The van der Waals surface area contributed by atoms with Gasteiger partial charge in [-0.1, -0.05) is 12.2 Å². The molecule has 11 heavy (non-hydrogen) atoms. The molecule has 1 rings (SSSR count). The lowest BCUT2D eigenvalue weighted by atomic mass is 10.2. The Morgan fingerprint density at radius 2 is 2.36 bits per heavy atom. The fraction of sp³-hybridized carbons (Fsp3) is 0.625. The number of carbonyl (C=O) groups is 1. The zero-order valence-electron chi connectivity index (χ0n) is 6.79. The molecule has 0 aromatic carbocycles. The highest BCUT2D eigenvalue weighted by Crippen LogP contribution is 2.05. The molecule has 1 aliphatic rings. The molecule has 1 aliphatic heterocycles. The number of rotatable bonds is 2. The molecule has 3 nitrogen and oxygen atoms in total. The fourth-order valence-electron chi connectivity index (χ4n) is 1.19. The summed E-state index contributed by atoms with van der Waals surface area (Å²) < 4.78 is 0. The molecule has 3 heteroatoms. The average molecular weight is 154 g/mol. The van der Waals surface area contributed by atoms with Crippen molar-refractivity contribution in [2.45, 2.75) is 19.4 Å². The fourth-order valence-corrected chi connectivity index (χ4v) is 1.19. The van der Waals surface area contributed by atoms with Gasteiger partial charge in [0.1, 0.15) is 0 Å². The topological polar surface area (TPSA) is 46.3 Å². The maximum Gasteiger partial charge on any atom is 0.234 e. The molecule has 1 atom stereocenters. The minimum atomic E-state index is -0.236. The molecule has 0 fully saturated rings. The number of primary amides is 1. The van der Waals surface area contributed by atoms with Crippen LogP contribution in [-0.2, 0) is 4.79 Å². The summed E-state index contributed by atoms with van der Waals surface area (Å²) in [6.07, 6.45) is 5.23. The van der Waals surface area contributed by atoms with E-state index in [1.165, 1.54) is 0 Å². The van der Waals surface area contributed by atoms with E-state index in [-0.39, 0.29) is 11.9 Å². The Hall–Kier alpha value is -0.830. The van der Waals surface area contributed by atoms with E-state index in [1.807, 2.05) is 6.92 Å². The van der Waals surface area contributed by atoms with E-state index < -0.39 is 0 Å². The monoisotopic (exact) mass is 154 g/mol. The summed E-state index contributed by atoms with van der Waals surface area (Å²) in [5.41, 5.74) is 5.16. The van der Waals surface area contributed by atoms with Crippen LogP contribution in [0.5, 0.6) is 0 Å². The minimum absolute atomic E-state index is 0.125. The van der Waals surface area contributed by atoms with Gasteiger partial charge in [0.15, 0.2) is 0 Å². The molecular formula is C8H14N2O. The highest BCUT2D eigenvalue weighted by molar-refractivity contribution is 5.79. The van der Waals surface area contributed by atoms with Crippen LogP contribution < -0.4 is 5.73 Å². The molecule has 2 N–H and O–H groups in total. The molecule has 0 aromatic heterocycles. The summed E-state index contributed by atoms with van der Waals surface area (Å²) >= 11 is 0. The molecule has 0 spiro atoms. The molecule has 1 heterocycles. The van der Waals surface area contributed by atoms with E-state index >= 15 is 0 Å². The van der Waals surface area contributed by atoms with Crippen molar-refractivity contribution >= 4 is 5.91 Å². The Morgan fingerprint density at radius 3 is 2.82 bits per heavy atom.